The molecule has 1 heterocycles. The van der Waals surface area contributed by atoms with Gasteiger partial charge >= 0.3 is 5.97 Å². The highest BCUT2D eigenvalue weighted by Crippen LogP contribution is 2.10. The number of rotatable bonds is 6. The van der Waals surface area contributed by atoms with E-state index in [-0.39, 0.29) is 18.3 Å². The molecular weight excluding hydrogens is 246 g/mol. The molecule has 1 N–H and O–H groups in total. The van der Waals surface area contributed by atoms with E-state index < -0.39 is 0 Å². The molecule has 1 rings (SSSR count). The summed E-state index contributed by atoms with van der Waals surface area (Å²) in [6.45, 7) is 6.81. The van der Waals surface area contributed by atoms with Crippen molar-refractivity contribution in [3.05, 3.63) is 17.5 Å². The lowest BCUT2D eigenvalue weighted by atomic mass is 10.1. The van der Waals surface area contributed by atoms with E-state index in [0.717, 1.165) is 5.69 Å². The number of hydrogen-bond acceptors (Lipinski definition) is 4. The molecule has 0 bridgehead atoms. The van der Waals surface area contributed by atoms with Crippen LogP contribution < -0.4 is 0 Å². The molecule has 1 aromatic heterocycles. The second-order valence-electron chi connectivity index (χ2n) is 4.88. The number of nitrogens with zero attached hydrogens (tertiary/aromatic N) is 2. The van der Waals surface area contributed by atoms with E-state index in [4.69, 9.17) is 0 Å². The fraction of sp³-hybridized carbons (Fsp3) is 0.615. The highest BCUT2D eigenvalue weighted by molar-refractivity contribution is 5.95. The molecule has 0 aromatic carbocycles. The Morgan fingerprint density at radius 3 is 2.63 bits per heavy atom. The van der Waals surface area contributed by atoms with Gasteiger partial charge in [-0.2, -0.15) is 5.10 Å². The highest BCUT2D eigenvalue weighted by atomic mass is 16.5. The number of H-pyrrole nitrogens is 1. The van der Waals surface area contributed by atoms with Gasteiger partial charge in [0.2, 0.25) is 0 Å². The van der Waals surface area contributed by atoms with E-state index in [0.29, 0.717) is 24.6 Å². The molecule has 0 spiro atoms. The number of esters is 1. The van der Waals surface area contributed by atoms with Crippen LogP contribution in [0.2, 0.25) is 0 Å². The lowest BCUT2D eigenvalue weighted by Gasteiger charge is -2.24. The maximum atomic E-state index is 12.4. The number of nitrogens with one attached hydrogen (secondary N) is 1. The van der Waals surface area contributed by atoms with Gasteiger partial charge in [-0.1, -0.05) is 13.8 Å². The van der Waals surface area contributed by atoms with Crippen LogP contribution >= 0.6 is 0 Å². The van der Waals surface area contributed by atoms with Crippen molar-refractivity contribution in [2.45, 2.75) is 27.2 Å². The molecule has 1 aromatic rings. The van der Waals surface area contributed by atoms with Gasteiger partial charge in [-0.25, -0.2) is 0 Å². The fourth-order valence-electron chi connectivity index (χ4n) is 1.78. The van der Waals surface area contributed by atoms with E-state index in [1.165, 1.54) is 13.3 Å². The number of aromatic amines is 1. The third kappa shape index (κ3) is 4.39. The van der Waals surface area contributed by atoms with Gasteiger partial charge in [-0.05, 0) is 12.8 Å². The van der Waals surface area contributed by atoms with Gasteiger partial charge in [-0.15, -0.1) is 0 Å². The van der Waals surface area contributed by atoms with E-state index in [1.807, 2.05) is 13.8 Å². The van der Waals surface area contributed by atoms with E-state index in [9.17, 15) is 9.59 Å². The maximum Gasteiger partial charge on any atom is 0.307 e. The third-order valence-corrected chi connectivity index (χ3v) is 2.75. The zero-order valence-corrected chi connectivity index (χ0v) is 11.9. The van der Waals surface area contributed by atoms with Crippen LogP contribution in [-0.2, 0) is 9.53 Å². The molecule has 0 aliphatic rings. The molecule has 106 valence electrons. The summed E-state index contributed by atoms with van der Waals surface area (Å²) in [5.74, 6) is -0.0943. The average molecular weight is 267 g/mol. The Balaban J connectivity index is 2.76. The Kier molecular flexibility index (Phi) is 5.54. The predicted molar refractivity (Wildman–Crippen MR) is 70.7 cm³/mol. The van der Waals surface area contributed by atoms with Gasteiger partial charge in [0, 0.05) is 18.8 Å². The maximum absolute atomic E-state index is 12.4. The van der Waals surface area contributed by atoms with Gasteiger partial charge in [0.05, 0.1) is 25.3 Å². The number of aromatic nitrogens is 2. The quantitative estimate of drug-likeness (QED) is 0.790. The molecule has 0 saturated carbocycles. The summed E-state index contributed by atoms with van der Waals surface area (Å²) in [6.07, 6.45) is 1.72. The summed E-state index contributed by atoms with van der Waals surface area (Å²) in [5.41, 5.74) is 1.28. The molecular formula is C13H21N3O3. The third-order valence-electron chi connectivity index (χ3n) is 2.75. The number of aryl methyl sites for hydroxylation is 1. The molecule has 0 aliphatic carbocycles. The van der Waals surface area contributed by atoms with Crippen LogP contribution in [0.3, 0.4) is 0 Å². The zero-order valence-electron chi connectivity index (χ0n) is 11.9. The number of carbonyl (C=O) groups excluding carboxylic acids is 2. The van der Waals surface area contributed by atoms with E-state index in [2.05, 4.69) is 14.9 Å². The van der Waals surface area contributed by atoms with Crippen LogP contribution in [0.4, 0.5) is 0 Å². The Bertz CT molecular complexity index is 440. The Hall–Kier alpha value is -1.85. The first-order valence-electron chi connectivity index (χ1n) is 6.31. The van der Waals surface area contributed by atoms with Gasteiger partial charge in [0.15, 0.2) is 0 Å². The average Bonchev–Trinajstić information content (AvgIpc) is 2.78. The van der Waals surface area contributed by atoms with Crippen LogP contribution in [-0.4, -0.2) is 47.2 Å². The minimum Gasteiger partial charge on any atom is -0.469 e. The topological polar surface area (TPSA) is 75.3 Å². The summed E-state index contributed by atoms with van der Waals surface area (Å²) in [7, 11) is 1.34. The molecule has 1 amide bonds. The summed E-state index contributed by atoms with van der Waals surface area (Å²) < 4.78 is 4.60. The Labute approximate surface area is 113 Å². The smallest absolute Gasteiger partial charge is 0.307 e. The van der Waals surface area contributed by atoms with Crippen LogP contribution in [0.25, 0.3) is 0 Å². The van der Waals surface area contributed by atoms with Gasteiger partial charge < -0.3 is 9.64 Å². The zero-order chi connectivity index (χ0) is 14.4. The van der Waals surface area contributed by atoms with Crippen molar-refractivity contribution < 1.29 is 14.3 Å². The molecule has 6 heteroatoms. The largest absolute Gasteiger partial charge is 0.469 e. The molecule has 0 fully saturated rings. The molecule has 0 radical (unpaired) electrons. The molecule has 6 nitrogen and oxygen atoms in total. The molecule has 19 heavy (non-hydrogen) atoms. The standard InChI is InChI=1S/C13H21N3O3/c1-9(2)8-16(6-5-12(17)19-4)13(18)11-7-14-15-10(11)3/h7,9H,5-6,8H2,1-4H3,(H,14,15). The van der Waals surface area contributed by atoms with Crippen molar-refractivity contribution >= 4 is 11.9 Å². The fourth-order valence-corrected chi connectivity index (χ4v) is 1.78. The number of methoxy groups -OCH3 is 1. The number of carbonyl (C=O) groups is 2. The first-order chi connectivity index (χ1) is 8.95. The van der Waals surface area contributed by atoms with Crippen molar-refractivity contribution in [1.82, 2.24) is 15.1 Å². The van der Waals surface area contributed by atoms with Crippen LogP contribution in [0.15, 0.2) is 6.20 Å². The predicted octanol–water partition coefficient (Wildman–Crippen LogP) is 1.38. The highest BCUT2D eigenvalue weighted by Gasteiger charge is 2.20. The summed E-state index contributed by atoms with van der Waals surface area (Å²) in [6, 6.07) is 0. The monoisotopic (exact) mass is 267 g/mol. The van der Waals surface area contributed by atoms with Crippen LogP contribution in [0, 0.1) is 12.8 Å². The van der Waals surface area contributed by atoms with E-state index >= 15 is 0 Å². The summed E-state index contributed by atoms with van der Waals surface area (Å²) in [5, 5.41) is 6.60. The second-order valence-corrected chi connectivity index (χ2v) is 4.88. The number of hydrogen-bond donors (Lipinski definition) is 1. The molecule has 0 atom stereocenters. The molecule has 0 aliphatic heterocycles. The lowest BCUT2D eigenvalue weighted by molar-refractivity contribution is -0.140. The number of ether oxygens (including phenoxy) is 1. The summed E-state index contributed by atoms with van der Waals surface area (Å²) >= 11 is 0. The normalized spacial score (nSPS) is 10.6. The van der Waals surface area contributed by atoms with Crippen molar-refractivity contribution in [1.29, 1.82) is 0 Å². The lowest BCUT2D eigenvalue weighted by Crippen LogP contribution is -2.36. The minimum atomic E-state index is -0.314. The first kappa shape index (κ1) is 15.2. The van der Waals surface area contributed by atoms with Crippen molar-refractivity contribution in [3.8, 4) is 0 Å². The van der Waals surface area contributed by atoms with Crippen LogP contribution in [0.5, 0.6) is 0 Å². The van der Waals surface area contributed by atoms with E-state index in [1.54, 1.807) is 11.8 Å². The van der Waals surface area contributed by atoms with Gasteiger partial charge in [0.25, 0.3) is 5.91 Å². The Morgan fingerprint density at radius 1 is 1.47 bits per heavy atom. The van der Waals surface area contributed by atoms with Crippen molar-refractivity contribution in [2.75, 3.05) is 20.2 Å². The minimum absolute atomic E-state index is 0.108. The van der Waals surface area contributed by atoms with Crippen LogP contribution in [0.1, 0.15) is 36.3 Å². The molecule has 0 unspecified atom stereocenters. The number of amides is 1. The van der Waals surface area contributed by atoms with Crippen molar-refractivity contribution in [3.63, 3.8) is 0 Å². The van der Waals surface area contributed by atoms with Gasteiger partial charge in [0.1, 0.15) is 0 Å². The second kappa shape index (κ2) is 6.92. The van der Waals surface area contributed by atoms with Gasteiger partial charge in [-0.3, -0.25) is 14.7 Å². The first-order valence-corrected chi connectivity index (χ1v) is 6.31. The molecule has 0 saturated heterocycles. The SMILES string of the molecule is COC(=O)CCN(CC(C)C)C(=O)c1cn[nH]c1C. The Morgan fingerprint density at radius 2 is 2.16 bits per heavy atom. The van der Waals surface area contributed by atoms with Crippen molar-refractivity contribution in [2.24, 2.45) is 5.92 Å². The summed E-state index contributed by atoms with van der Waals surface area (Å²) in [4.78, 5) is 25.2.